The molecule has 4 nitrogen and oxygen atoms in total. The standard InChI is InChI=1S/C20H25N3O.ClH/c1-3-15(2)24-19-10-6-17(7-11-19)14-16-4-8-18(9-5-16)20-22-12-13-23(20)21;/h4-11,15H,3,12-14,21H2,1-2H3;1H. The SMILES string of the molecule is CCC(C)Oc1ccc(Cc2ccc(C3=NCCN3N)cc2)cc1.Cl. The van der Waals surface area contributed by atoms with Gasteiger partial charge in [-0.3, -0.25) is 10.0 Å². The smallest absolute Gasteiger partial charge is 0.145 e. The van der Waals surface area contributed by atoms with Crippen molar-refractivity contribution < 1.29 is 4.74 Å². The number of hydrogen-bond donors (Lipinski definition) is 1. The van der Waals surface area contributed by atoms with Gasteiger partial charge in [-0.25, -0.2) is 5.84 Å². The fraction of sp³-hybridized carbons (Fsp3) is 0.350. The Labute approximate surface area is 156 Å². The molecule has 5 heteroatoms. The molecule has 1 unspecified atom stereocenters. The van der Waals surface area contributed by atoms with Crippen molar-refractivity contribution in [1.29, 1.82) is 0 Å². The number of nitrogens with two attached hydrogens (primary N) is 1. The van der Waals surface area contributed by atoms with Gasteiger partial charge in [0.05, 0.1) is 19.2 Å². The topological polar surface area (TPSA) is 50.8 Å². The summed E-state index contributed by atoms with van der Waals surface area (Å²) in [5, 5.41) is 1.71. The van der Waals surface area contributed by atoms with Gasteiger partial charge < -0.3 is 4.74 Å². The normalized spacial score (nSPS) is 14.7. The molecule has 0 amide bonds. The summed E-state index contributed by atoms with van der Waals surface area (Å²) in [6, 6.07) is 16.9. The number of aliphatic imine (C=N–C) groups is 1. The van der Waals surface area contributed by atoms with Crippen LogP contribution in [0.2, 0.25) is 0 Å². The van der Waals surface area contributed by atoms with Crippen LogP contribution in [0.5, 0.6) is 5.75 Å². The number of hydrogen-bond acceptors (Lipinski definition) is 4. The highest BCUT2D eigenvalue weighted by Crippen LogP contribution is 2.18. The Morgan fingerprint density at radius 1 is 1.08 bits per heavy atom. The summed E-state index contributed by atoms with van der Waals surface area (Å²) in [6.07, 6.45) is 2.17. The van der Waals surface area contributed by atoms with Gasteiger partial charge in [0.25, 0.3) is 0 Å². The minimum absolute atomic E-state index is 0. The minimum Gasteiger partial charge on any atom is -0.491 e. The average Bonchev–Trinajstić information content (AvgIpc) is 3.03. The lowest BCUT2D eigenvalue weighted by Gasteiger charge is -2.14. The van der Waals surface area contributed by atoms with Crippen LogP contribution in [0.15, 0.2) is 53.5 Å². The van der Waals surface area contributed by atoms with Crippen molar-refractivity contribution in [3.63, 3.8) is 0 Å². The van der Waals surface area contributed by atoms with Crippen LogP contribution >= 0.6 is 12.4 Å². The lowest BCUT2D eigenvalue weighted by atomic mass is 10.0. The van der Waals surface area contributed by atoms with E-state index in [-0.39, 0.29) is 18.5 Å². The van der Waals surface area contributed by atoms with Crippen LogP contribution in [0.25, 0.3) is 0 Å². The van der Waals surface area contributed by atoms with E-state index in [1.54, 1.807) is 5.01 Å². The molecule has 1 atom stereocenters. The van der Waals surface area contributed by atoms with Crippen LogP contribution in [0.4, 0.5) is 0 Å². The van der Waals surface area contributed by atoms with Gasteiger partial charge in [-0.05, 0) is 43.0 Å². The predicted molar refractivity (Wildman–Crippen MR) is 106 cm³/mol. The van der Waals surface area contributed by atoms with Crippen LogP contribution in [0.3, 0.4) is 0 Å². The monoisotopic (exact) mass is 359 g/mol. The molecule has 0 aliphatic carbocycles. The first-order chi connectivity index (χ1) is 11.7. The van der Waals surface area contributed by atoms with Crippen molar-refractivity contribution in [2.24, 2.45) is 10.8 Å². The van der Waals surface area contributed by atoms with E-state index < -0.39 is 0 Å². The lowest BCUT2D eigenvalue weighted by molar-refractivity contribution is 0.217. The maximum absolute atomic E-state index is 5.92. The maximum atomic E-state index is 5.92. The van der Waals surface area contributed by atoms with E-state index in [0.717, 1.165) is 43.1 Å². The first-order valence-corrected chi connectivity index (χ1v) is 8.57. The number of benzene rings is 2. The number of ether oxygens (including phenoxy) is 1. The molecule has 1 aliphatic heterocycles. The van der Waals surface area contributed by atoms with Gasteiger partial charge in [0, 0.05) is 5.56 Å². The maximum Gasteiger partial charge on any atom is 0.145 e. The van der Waals surface area contributed by atoms with Crippen LogP contribution in [0, 0.1) is 0 Å². The molecule has 134 valence electrons. The van der Waals surface area contributed by atoms with E-state index in [9.17, 15) is 0 Å². The van der Waals surface area contributed by atoms with E-state index >= 15 is 0 Å². The Bertz CT molecular complexity index is 698. The lowest BCUT2D eigenvalue weighted by Crippen LogP contribution is -2.34. The van der Waals surface area contributed by atoms with Crippen molar-refractivity contribution >= 4 is 18.2 Å². The van der Waals surface area contributed by atoms with E-state index in [1.165, 1.54) is 11.1 Å². The van der Waals surface area contributed by atoms with Crippen LogP contribution in [0.1, 0.15) is 37.0 Å². The molecular formula is C20H26ClN3O. The van der Waals surface area contributed by atoms with Crippen LogP contribution in [-0.4, -0.2) is 30.0 Å². The Morgan fingerprint density at radius 3 is 2.20 bits per heavy atom. The van der Waals surface area contributed by atoms with Gasteiger partial charge in [0.1, 0.15) is 11.6 Å². The van der Waals surface area contributed by atoms with Crippen molar-refractivity contribution in [3.05, 3.63) is 65.2 Å². The highest BCUT2D eigenvalue weighted by Gasteiger charge is 2.14. The summed E-state index contributed by atoms with van der Waals surface area (Å²) in [5.74, 6) is 7.74. The molecule has 0 fully saturated rings. The number of amidine groups is 1. The summed E-state index contributed by atoms with van der Waals surface area (Å²) < 4.78 is 5.82. The van der Waals surface area contributed by atoms with E-state index in [0.29, 0.717) is 0 Å². The molecule has 0 radical (unpaired) electrons. The molecule has 1 heterocycles. The Kier molecular flexibility index (Phi) is 6.85. The molecule has 0 saturated carbocycles. The summed E-state index contributed by atoms with van der Waals surface area (Å²) in [5.41, 5.74) is 3.63. The van der Waals surface area contributed by atoms with Gasteiger partial charge in [-0.15, -0.1) is 12.4 Å². The Balaban J connectivity index is 0.00000225. The van der Waals surface area contributed by atoms with Gasteiger partial charge in [-0.2, -0.15) is 0 Å². The van der Waals surface area contributed by atoms with E-state index in [2.05, 4.69) is 67.4 Å². The molecule has 2 N–H and O–H groups in total. The van der Waals surface area contributed by atoms with Crippen molar-refractivity contribution in [3.8, 4) is 5.75 Å². The second-order valence-corrected chi connectivity index (χ2v) is 6.25. The van der Waals surface area contributed by atoms with Crippen LogP contribution in [-0.2, 0) is 6.42 Å². The molecular weight excluding hydrogens is 334 g/mol. The number of nitrogens with zero attached hydrogens (tertiary/aromatic N) is 2. The summed E-state index contributed by atoms with van der Waals surface area (Å²) in [4.78, 5) is 4.44. The number of hydrazine groups is 1. The molecule has 0 bridgehead atoms. The van der Waals surface area contributed by atoms with E-state index in [4.69, 9.17) is 10.6 Å². The summed E-state index contributed by atoms with van der Waals surface area (Å²) in [7, 11) is 0. The zero-order chi connectivity index (χ0) is 16.9. The highest BCUT2D eigenvalue weighted by molar-refractivity contribution is 5.99. The Morgan fingerprint density at radius 2 is 1.68 bits per heavy atom. The van der Waals surface area contributed by atoms with E-state index in [1.807, 2.05) is 0 Å². The minimum atomic E-state index is 0. The van der Waals surface area contributed by atoms with Gasteiger partial charge >= 0.3 is 0 Å². The highest BCUT2D eigenvalue weighted by atomic mass is 35.5. The molecule has 3 rings (SSSR count). The third-order valence-electron chi connectivity index (χ3n) is 4.33. The van der Waals surface area contributed by atoms with Gasteiger partial charge in [-0.1, -0.05) is 43.3 Å². The molecule has 0 spiro atoms. The second kappa shape index (κ2) is 8.88. The zero-order valence-electron chi connectivity index (χ0n) is 14.8. The quantitative estimate of drug-likeness (QED) is 0.798. The fourth-order valence-electron chi connectivity index (χ4n) is 2.73. The largest absolute Gasteiger partial charge is 0.491 e. The summed E-state index contributed by atoms with van der Waals surface area (Å²) in [6.45, 7) is 5.79. The summed E-state index contributed by atoms with van der Waals surface area (Å²) >= 11 is 0. The van der Waals surface area contributed by atoms with Gasteiger partial charge in [0.15, 0.2) is 0 Å². The third-order valence-corrected chi connectivity index (χ3v) is 4.33. The molecule has 1 aliphatic rings. The molecule has 0 aromatic heterocycles. The third kappa shape index (κ3) is 4.97. The molecule has 25 heavy (non-hydrogen) atoms. The van der Waals surface area contributed by atoms with Gasteiger partial charge in [0.2, 0.25) is 0 Å². The number of halogens is 1. The zero-order valence-corrected chi connectivity index (χ0v) is 15.6. The first kappa shape index (κ1) is 19.3. The number of rotatable bonds is 6. The van der Waals surface area contributed by atoms with Crippen molar-refractivity contribution in [1.82, 2.24) is 5.01 Å². The fourth-order valence-corrected chi connectivity index (χ4v) is 2.73. The van der Waals surface area contributed by atoms with Crippen LogP contribution < -0.4 is 10.6 Å². The Hall–Kier alpha value is -2.04. The molecule has 0 saturated heterocycles. The van der Waals surface area contributed by atoms with Crippen molar-refractivity contribution in [2.75, 3.05) is 13.1 Å². The first-order valence-electron chi connectivity index (χ1n) is 8.57. The molecule has 2 aromatic carbocycles. The average molecular weight is 360 g/mol. The predicted octanol–water partition coefficient (Wildman–Crippen LogP) is 3.81. The van der Waals surface area contributed by atoms with Crippen molar-refractivity contribution in [2.45, 2.75) is 32.8 Å². The molecule has 2 aromatic rings. The second-order valence-electron chi connectivity index (χ2n) is 6.25.